The number of rotatable bonds is 7. The van der Waals surface area contributed by atoms with Crippen LogP contribution in [0, 0.1) is 5.82 Å². The van der Waals surface area contributed by atoms with Crippen molar-refractivity contribution in [1.29, 1.82) is 0 Å². The summed E-state index contributed by atoms with van der Waals surface area (Å²) < 4.78 is 13.4. The fourth-order valence-electron chi connectivity index (χ4n) is 2.24. The van der Waals surface area contributed by atoms with E-state index < -0.39 is 5.82 Å². The summed E-state index contributed by atoms with van der Waals surface area (Å²) in [6, 6.07) is 1.23. The molecule has 2 N–H and O–H groups in total. The lowest BCUT2D eigenvalue weighted by atomic mass is 9.89. The number of halogens is 1. The molecule has 0 aromatic carbocycles. The molecule has 20 heavy (non-hydrogen) atoms. The number of nitrogens with one attached hydrogen (secondary N) is 2. The van der Waals surface area contributed by atoms with Crippen molar-refractivity contribution in [2.24, 2.45) is 0 Å². The Morgan fingerprint density at radius 2 is 1.85 bits per heavy atom. The lowest BCUT2D eigenvalue weighted by Gasteiger charge is -2.32. The summed E-state index contributed by atoms with van der Waals surface area (Å²) in [6.07, 6.45) is 3.63. The molecule has 1 rings (SSSR count). The molecule has 5 heteroatoms. The molecule has 0 fully saturated rings. The third-order valence-corrected chi connectivity index (χ3v) is 3.85. The zero-order chi connectivity index (χ0) is 15.2. The van der Waals surface area contributed by atoms with Crippen LogP contribution < -0.4 is 10.6 Å². The van der Waals surface area contributed by atoms with E-state index in [1.54, 1.807) is 0 Å². The first-order valence-electron chi connectivity index (χ1n) is 7.23. The Balaban J connectivity index is 3.04. The Morgan fingerprint density at radius 3 is 2.35 bits per heavy atom. The van der Waals surface area contributed by atoms with Gasteiger partial charge in [-0.05, 0) is 32.3 Å². The van der Waals surface area contributed by atoms with Crippen molar-refractivity contribution >= 4 is 11.7 Å². The van der Waals surface area contributed by atoms with Gasteiger partial charge in [0.25, 0.3) is 5.91 Å². The van der Waals surface area contributed by atoms with Crippen molar-refractivity contribution in [2.45, 2.75) is 52.5 Å². The molecular weight excluding hydrogens is 257 g/mol. The van der Waals surface area contributed by atoms with E-state index in [1.165, 1.54) is 6.07 Å². The van der Waals surface area contributed by atoms with E-state index >= 15 is 0 Å². The Kier molecular flexibility index (Phi) is 5.92. The molecule has 0 unspecified atom stereocenters. The molecule has 1 heterocycles. The van der Waals surface area contributed by atoms with E-state index in [0.29, 0.717) is 12.4 Å². The fourth-order valence-corrected chi connectivity index (χ4v) is 2.24. The number of carbonyl (C=O) groups is 1. The summed E-state index contributed by atoms with van der Waals surface area (Å²) >= 11 is 0. The predicted molar refractivity (Wildman–Crippen MR) is 79.4 cm³/mol. The van der Waals surface area contributed by atoms with E-state index in [0.717, 1.165) is 25.5 Å². The van der Waals surface area contributed by atoms with E-state index in [9.17, 15) is 9.18 Å². The minimum absolute atomic E-state index is 0.243. The molecule has 112 valence electrons. The largest absolute Gasteiger partial charge is 0.370 e. The van der Waals surface area contributed by atoms with Crippen molar-refractivity contribution in [3.8, 4) is 0 Å². The van der Waals surface area contributed by atoms with Gasteiger partial charge in [0.05, 0.1) is 11.8 Å². The van der Waals surface area contributed by atoms with Crippen LogP contribution >= 0.6 is 0 Å². The molecule has 0 aliphatic heterocycles. The number of hydrogen-bond donors (Lipinski definition) is 2. The molecule has 0 saturated heterocycles. The maximum absolute atomic E-state index is 13.4. The van der Waals surface area contributed by atoms with Crippen LogP contribution in [0.15, 0.2) is 12.3 Å². The molecule has 0 aliphatic rings. The number of amides is 1. The number of hydrogen-bond acceptors (Lipinski definition) is 3. The normalized spacial score (nSPS) is 11.2. The van der Waals surface area contributed by atoms with Crippen molar-refractivity contribution < 1.29 is 9.18 Å². The smallest absolute Gasteiger partial charge is 0.255 e. The summed E-state index contributed by atoms with van der Waals surface area (Å²) in [5.41, 5.74) is 0.0129. The van der Waals surface area contributed by atoms with Gasteiger partial charge in [-0.2, -0.15) is 0 Å². The molecule has 0 saturated carbocycles. The topological polar surface area (TPSA) is 54.0 Å². The molecule has 0 bridgehead atoms. The van der Waals surface area contributed by atoms with Gasteiger partial charge in [0, 0.05) is 12.1 Å². The second-order valence-electron chi connectivity index (χ2n) is 4.88. The third-order valence-electron chi connectivity index (χ3n) is 3.85. The Hall–Kier alpha value is -1.65. The number of pyridine rings is 1. The van der Waals surface area contributed by atoms with Gasteiger partial charge in [-0.1, -0.05) is 20.8 Å². The summed E-state index contributed by atoms with van der Waals surface area (Å²) in [4.78, 5) is 16.4. The summed E-state index contributed by atoms with van der Waals surface area (Å²) in [5.74, 6) is -0.367. The fraction of sp³-hybridized carbons (Fsp3) is 0.600. The Bertz CT molecular complexity index is 450. The van der Waals surface area contributed by atoms with Gasteiger partial charge in [0.2, 0.25) is 0 Å². The summed E-state index contributed by atoms with van der Waals surface area (Å²) in [5, 5.41) is 6.02. The van der Waals surface area contributed by atoms with Crippen LogP contribution in [0.5, 0.6) is 0 Å². The molecule has 0 radical (unpaired) electrons. The van der Waals surface area contributed by atoms with Crippen molar-refractivity contribution in [1.82, 2.24) is 10.3 Å². The van der Waals surface area contributed by atoms with Gasteiger partial charge >= 0.3 is 0 Å². The highest BCUT2D eigenvalue weighted by Crippen LogP contribution is 2.21. The summed E-state index contributed by atoms with van der Waals surface area (Å²) in [7, 11) is 0. The van der Waals surface area contributed by atoms with Crippen LogP contribution in [-0.2, 0) is 0 Å². The van der Waals surface area contributed by atoms with Crippen LogP contribution in [0.25, 0.3) is 0 Å². The van der Waals surface area contributed by atoms with E-state index in [2.05, 4.69) is 15.6 Å². The Morgan fingerprint density at radius 1 is 1.25 bits per heavy atom. The van der Waals surface area contributed by atoms with Crippen LogP contribution in [0.4, 0.5) is 10.2 Å². The van der Waals surface area contributed by atoms with Gasteiger partial charge in [-0.3, -0.25) is 4.79 Å². The second-order valence-corrected chi connectivity index (χ2v) is 4.88. The van der Waals surface area contributed by atoms with Crippen LogP contribution in [-0.4, -0.2) is 23.0 Å². The highest BCUT2D eigenvalue weighted by atomic mass is 19.1. The highest BCUT2D eigenvalue weighted by Gasteiger charge is 2.27. The molecule has 1 aromatic heterocycles. The Labute approximate surface area is 120 Å². The van der Waals surface area contributed by atoms with Gasteiger partial charge in [0.1, 0.15) is 11.6 Å². The molecule has 1 amide bonds. The first-order valence-corrected chi connectivity index (χ1v) is 7.23. The van der Waals surface area contributed by atoms with Gasteiger partial charge in [0.15, 0.2) is 0 Å². The molecule has 0 atom stereocenters. The lowest BCUT2D eigenvalue weighted by Crippen LogP contribution is -2.47. The summed E-state index contributed by atoms with van der Waals surface area (Å²) in [6.45, 7) is 8.66. The van der Waals surface area contributed by atoms with Gasteiger partial charge < -0.3 is 10.6 Å². The number of nitrogens with zero attached hydrogens (tertiary/aromatic N) is 1. The SMILES string of the molecule is CCNc1ncc(F)cc1C(=O)NC(CC)(CC)CC. The predicted octanol–water partition coefficient (Wildman–Crippen LogP) is 3.35. The maximum Gasteiger partial charge on any atom is 0.255 e. The molecule has 1 aromatic rings. The van der Waals surface area contributed by atoms with Crippen molar-refractivity contribution in [3.05, 3.63) is 23.6 Å². The zero-order valence-corrected chi connectivity index (χ0v) is 12.7. The third kappa shape index (κ3) is 3.68. The first kappa shape index (κ1) is 16.4. The van der Waals surface area contributed by atoms with Crippen LogP contribution in [0.1, 0.15) is 57.3 Å². The standard InChI is InChI=1S/C15H24FN3O/c1-5-15(6-2,7-3)19-14(20)12-9-11(16)10-18-13(12)17-8-4/h9-10H,5-8H2,1-4H3,(H,17,18)(H,19,20). The highest BCUT2D eigenvalue weighted by molar-refractivity contribution is 5.99. The number of anilines is 1. The van der Waals surface area contributed by atoms with E-state index in [4.69, 9.17) is 0 Å². The number of carbonyl (C=O) groups excluding carboxylic acids is 1. The first-order chi connectivity index (χ1) is 9.51. The second kappa shape index (κ2) is 7.22. The van der Waals surface area contributed by atoms with E-state index in [-0.39, 0.29) is 17.0 Å². The molecule has 0 spiro atoms. The average Bonchev–Trinajstić information content (AvgIpc) is 2.47. The van der Waals surface area contributed by atoms with Gasteiger partial charge in [-0.15, -0.1) is 0 Å². The van der Waals surface area contributed by atoms with Crippen molar-refractivity contribution in [3.63, 3.8) is 0 Å². The monoisotopic (exact) mass is 281 g/mol. The quantitative estimate of drug-likeness (QED) is 0.806. The van der Waals surface area contributed by atoms with Crippen molar-refractivity contribution in [2.75, 3.05) is 11.9 Å². The molecule has 4 nitrogen and oxygen atoms in total. The lowest BCUT2D eigenvalue weighted by molar-refractivity contribution is 0.0888. The maximum atomic E-state index is 13.4. The van der Waals surface area contributed by atoms with E-state index in [1.807, 2.05) is 27.7 Å². The molecular formula is C15H24FN3O. The average molecular weight is 281 g/mol. The minimum Gasteiger partial charge on any atom is -0.370 e. The minimum atomic E-state index is -0.508. The van der Waals surface area contributed by atoms with Gasteiger partial charge in [-0.25, -0.2) is 9.37 Å². The number of aromatic nitrogens is 1. The van der Waals surface area contributed by atoms with Crippen LogP contribution in [0.2, 0.25) is 0 Å². The zero-order valence-electron chi connectivity index (χ0n) is 12.7. The molecule has 0 aliphatic carbocycles. The van der Waals surface area contributed by atoms with Crippen LogP contribution in [0.3, 0.4) is 0 Å².